The van der Waals surface area contributed by atoms with E-state index in [1.165, 1.54) is 0 Å². The van der Waals surface area contributed by atoms with Crippen molar-refractivity contribution in [2.24, 2.45) is 0 Å². The van der Waals surface area contributed by atoms with Gasteiger partial charge in [-0.2, -0.15) is 0 Å². The monoisotopic (exact) mass is 338 g/mol. The summed E-state index contributed by atoms with van der Waals surface area (Å²) in [4.78, 5) is 25.8. The molecule has 1 atom stereocenters. The number of anilines is 2. The van der Waals surface area contributed by atoms with Crippen molar-refractivity contribution < 1.29 is 14.3 Å². The highest BCUT2D eigenvalue weighted by atomic mass is 16.5. The van der Waals surface area contributed by atoms with Crippen molar-refractivity contribution in [3.63, 3.8) is 0 Å². The molecular weight excluding hydrogens is 316 g/mol. The summed E-state index contributed by atoms with van der Waals surface area (Å²) in [5, 5.41) is 2.83. The minimum atomic E-state index is -0.609. The second-order valence-electron chi connectivity index (χ2n) is 6.26. The number of hydrogen-bond donors (Lipinski definition) is 1. The zero-order valence-corrected chi connectivity index (χ0v) is 14.5. The fourth-order valence-electron chi connectivity index (χ4n) is 2.76. The molecule has 1 saturated heterocycles. The van der Waals surface area contributed by atoms with Crippen LogP contribution in [0.2, 0.25) is 0 Å². The minimum Gasteiger partial charge on any atom is -0.481 e. The molecule has 0 aliphatic carbocycles. The van der Waals surface area contributed by atoms with Crippen LogP contribution in [0.15, 0.2) is 48.5 Å². The first-order valence-corrected chi connectivity index (χ1v) is 8.47. The molecule has 0 unspecified atom stereocenters. The molecule has 1 N–H and O–H groups in total. The first kappa shape index (κ1) is 17.0. The zero-order valence-electron chi connectivity index (χ0n) is 14.5. The number of benzene rings is 2. The standard InChI is InChI=1S/C20H22N2O3/c1-14-5-11-18(12-6-14)25-15(2)20(24)21-16-7-9-17(10-8-16)22-13-3-4-19(22)23/h5-12,15H,3-4,13H2,1-2H3,(H,21,24)/t15-/m0/s1. The van der Waals surface area contributed by atoms with Crippen LogP contribution in [0, 0.1) is 6.92 Å². The highest BCUT2D eigenvalue weighted by Gasteiger charge is 2.21. The molecule has 2 aromatic rings. The van der Waals surface area contributed by atoms with Gasteiger partial charge in [0, 0.05) is 24.3 Å². The molecule has 1 aliphatic heterocycles. The number of nitrogens with one attached hydrogen (secondary N) is 1. The van der Waals surface area contributed by atoms with Crippen LogP contribution in [0.5, 0.6) is 5.75 Å². The Kier molecular flexibility index (Phi) is 5.03. The Morgan fingerprint density at radius 2 is 1.80 bits per heavy atom. The molecule has 5 heteroatoms. The van der Waals surface area contributed by atoms with Crippen LogP contribution >= 0.6 is 0 Å². The van der Waals surface area contributed by atoms with Crippen molar-refractivity contribution in [3.05, 3.63) is 54.1 Å². The van der Waals surface area contributed by atoms with Gasteiger partial charge in [0.05, 0.1) is 0 Å². The van der Waals surface area contributed by atoms with E-state index in [0.29, 0.717) is 17.9 Å². The molecular formula is C20H22N2O3. The van der Waals surface area contributed by atoms with Crippen LogP contribution in [0.25, 0.3) is 0 Å². The Labute approximate surface area is 147 Å². The quantitative estimate of drug-likeness (QED) is 0.907. The molecule has 1 aliphatic rings. The van der Waals surface area contributed by atoms with Crippen molar-refractivity contribution in [1.82, 2.24) is 0 Å². The van der Waals surface area contributed by atoms with Gasteiger partial charge < -0.3 is 15.0 Å². The summed E-state index contributed by atoms with van der Waals surface area (Å²) in [6.45, 7) is 4.47. The van der Waals surface area contributed by atoms with E-state index in [1.54, 1.807) is 24.0 Å². The van der Waals surface area contributed by atoms with E-state index >= 15 is 0 Å². The van der Waals surface area contributed by atoms with Crippen molar-refractivity contribution >= 4 is 23.2 Å². The van der Waals surface area contributed by atoms with Gasteiger partial charge in [0.15, 0.2) is 6.10 Å². The highest BCUT2D eigenvalue weighted by Crippen LogP contribution is 2.23. The van der Waals surface area contributed by atoms with E-state index < -0.39 is 6.10 Å². The van der Waals surface area contributed by atoms with Crippen molar-refractivity contribution in [2.45, 2.75) is 32.8 Å². The maximum absolute atomic E-state index is 12.3. The number of aryl methyl sites for hydroxylation is 1. The molecule has 0 spiro atoms. The first-order chi connectivity index (χ1) is 12.0. The summed E-state index contributed by atoms with van der Waals surface area (Å²) in [6.07, 6.45) is 0.889. The summed E-state index contributed by atoms with van der Waals surface area (Å²) in [6, 6.07) is 14.9. The third-order valence-corrected chi connectivity index (χ3v) is 4.22. The topological polar surface area (TPSA) is 58.6 Å². The van der Waals surface area contributed by atoms with E-state index in [4.69, 9.17) is 4.74 Å². The Hall–Kier alpha value is -2.82. The number of nitrogens with zero attached hydrogens (tertiary/aromatic N) is 1. The van der Waals surface area contributed by atoms with E-state index in [9.17, 15) is 9.59 Å². The normalized spacial score (nSPS) is 15.1. The Balaban J connectivity index is 1.58. The van der Waals surface area contributed by atoms with E-state index in [-0.39, 0.29) is 11.8 Å². The molecule has 3 rings (SSSR count). The summed E-state index contributed by atoms with van der Waals surface area (Å²) in [7, 11) is 0. The molecule has 2 aromatic carbocycles. The van der Waals surface area contributed by atoms with Gasteiger partial charge in [0.1, 0.15) is 5.75 Å². The van der Waals surface area contributed by atoms with Gasteiger partial charge in [-0.25, -0.2) is 0 Å². The van der Waals surface area contributed by atoms with Crippen LogP contribution in [-0.2, 0) is 9.59 Å². The predicted octanol–water partition coefficient (Wildman–Crippen LogP) is 3.53. The Morgan fingerprint density at radius 1 is 1.12 bits per heavy atom. The number of rotatable bonds is 5. The minimum absolute atomic E-state index is 0.150. The van der Waals surface area contributed by atoms with Gasteiger partial charge >= 0.3 is 0 Å². The number of carbonyl (C=O) groups excluding carboxylic acids is 2. The van der Waals surface area contributed by atoms with Crippen LogP contribution in [0.4, 0.5) is 11.4 Å². The van der Waals surface area contributed by atoms with Crippen molar-refractivity contribution in [3.8, 4) is 5.75 Å². The molecule has 130 valence electrons. The average molecular weight is 338 g/mol. The first-order valence-electron chi connectivity index (χ1n) is 8.47. The molecule has 0 aromatic heterocycles. The largest absolute Gasteiger partial charge is 0.481 e. The number of ether oxygens (including phenoxy) is 1. The number of amides is 2. The van der Waals surface area contributed by atoms with Gasteiger partial charge in [-0.1, -0.05) is 17.7 Å². The average Bonchev–Trinajstić information content (AvgIpc) is 3.03. The molecule has 25 heavy (non-hydrogen) atoms. The fraction of sp³-hybridized carbons (Fsp3) is 0.300. The molecule has 1 heterocycles. The van der Waals surface area contributed by atoms with Crippen LogP contribution in [-0.4, -0.2) is 24.5 Å². The van der Waals surface area contributed by atoms with Gasteiger partial charge in [-0.15, -0.1) is 0 Å². The van der Waals surface area contributed by atoms with Crippen LogP contribution in [0.3, 0.4) is 0 Å². The summed E-state index contributed by atoms with van der Waals surface area (Å²) in [5.74, 6) is 0.596. The van der Waals surface area contributed by atoms with Crippen LogP contribution in [0.1, 0.15) is 25.3 Å². The second kappa shape index (κ2) is 7.38. The summed E-state index contributed by atoms with van der Waals surface area (Å²) >= 11 is 0. The summed E-state index contributed by atoms with van der Waals surface area (Å²) in [5.41, 5.74) is 2.69. The maximum atomic E-state index is 12.3. The number of hydrogen-bond acceptors (Lipinski definition) is 3. The van der Waals surface area contributed by atoms with E-state index in [1.807, 2.05) is 43.3 Å². The molecule has 0 radical (unpaired) electrons. The summed E-state index contributed by atoms with van der Waals surface area (Å²) < 4.78 is 5.66. The molecule has 1 fully saturated rings. The lowest BCUT2D eigenvalue weighted by molar-refractivity contribution is -0.122. The van der Waals surface area contributed by atoms with Gasteiger partial charge in [0.25, 0.3) is 5.91 Å². The Morgan fingerprint density at radius 3 is 2.40 bits per heavy atom. The molecule has 5 nitrogen and oxygen atoms in total. The zero-order chi connectivity index (χ0) is 17.8. The fourth-order valence-corrected chi connectivity index (χ4v) is 2.76. The molecule has 0 saturated carbocycles. The van der Waals surface area contributed by atoms with Crippen LogP contribution < -0.4 is 15.0 Å². The van der Waals surface area contributed by atoms with Crippen molar-refractivity contribution in [1.29, 1.82) is 0 Å². The van der Waals surface area contributed by atoms with Gasteiger partial charge in [0.2, 0.25) is 5.91 Å². The SMILES string of the molecule is Cc1ccc(O[C@@H](C)C(=O)Nc2ccc(N3CCCC3=O)cc2)cc1. The lowest BCUT2D eigenvalue weighted by Gasteiger charge is -2.17. The number of carbonyl (C=O) groups is 2. The lowest BCUT2D eigenvalue weighted by atomic mass is 10.2. The Bertz CT molecular complexity index is 754. The predicted molar refractivity (Wildman–Crippen MR) is 97.9 cm³/mol. The lowest BCUT2D eigenvalue weighted by Crippen LogP contribution is -2.30. The molecule has 0 bridgehead atoms. The maximum Gasteiger partial charge on any atom is 0.265 e. The third-order valence-electron chi connectivity index (χ3n) is 4.22. The highest BCUT2D eigenvalue weighted by molar-refractivity contribution is 5.96. The van der Waals surface area contributed by atoms with Gasteiger partial charge in [-0.05, 0) is 56.7 Å². The molecule has 2 amide bonds. The van der Waals surface area contributed by atoms with E-state index in [2.05, 4.69) is 5.32 Å². The van der Waals surface area contributed by atoms with E-state index in [0.717, 1.165) is 24.2 Å². The third kappa shape index (κ3) is 4.18. The van der Waals surface area contributed by atoms with Gasteiger partial charge in [-0.3, -0.25) is 9.59 Å². The second-order valence-corrected chi connectivity index (χ2v) is 6.26. The smallest absolute Gasteiger partial charge is 0.265 e. The van der Waals surface area contributed by atoms with Crippen molar-refractivity contribution in [2.75, 3.05) is 16.8 Å².